The zero-order valence-electron chi connectivity index (χ0n) is 9.06. The van der Waals surface area contributed by atoms with Gasteiger partial charge in [0.05, 0.1) is 17.0 Å². The number of fused-ring (bicyclic) bond motifs is 1. The van der Waals surface area contributed by atoms with Gasteiger partial charge in [0, 0.05) is 6.04 Å². The summed E-state index contributed by atoms with van der Waals surface area (Å²) in [6, 6.07) is 7.27. The average Bonchev–Trinajstić information content (AvgIpc) is 3.03. The first-order chi connectivity index (χ1) is 8.14. The molecule has 3 N–H and O–H groups in total. The van der Waals surface area contributed by atoms with Crippen molar-refractivity contribution in [1.29, 1.82) is 5.26 Å². The van der Waals surface area contributed by atoms with Crippen LogP contribution in [0.5, 0.6) is 0 Å². The lowest BCUT2D eigenvalue weighted by Gasteiger charge is -2.16. The maximum Gasteiger partial charge on any atom is 0.417 e. The molecule has 1 saturated carbocycles. The molecule has 0 spiro atoms. The monoisotopic (exact) mass is 229 g/mol. The Morgan fingerprint density at radius 2 is 2.29 bits per heavy atom. The first kappa shape index (κ1) is 10.1. The summed E-state index contributed by atoms with van der Waals surface area (Å²) >= 11 is 0. The van der Waals surface area contributed by atoms with Crippen molar-refractivity contribution in [3.63, 3.8) is 0 Å². The van der Waals surface area contributed by atoms with Crippen LogP contribution in [0.3, 0.4) is 0 Å². The van der Waals surface area contributed by atoms with Crippen molar-refractivity contribution in [2.24, 2.45) is 11.1 Å². The van der Waals surface area contributed by atoms with Gasteiger partial charge in [0.1, 0.15) is 0 Å². The number of nitrogens with zero attached hydrogens (tertiary/aromatic N) is 1. The summed E-state index contributed by atoms with van der Waals surface area (Å²) in [5.41, 5.74) is 7.63. The molecule has 1 aromatic heterocycles. The largest absolute Gasteiger partial charge is 0.417 e. The van der Waals surface area contributed by atoms with E-state index in [2.05, 4.69) is 11.1 Å². The molecule has 1 atom stereocenters. The highest BCUT2D eigenvalue weighted by Gasteiger charge is 2.49. The van der Waals surface area contributed by atoms with Gasteiger partial charge in [-0.2, -0.15) is 5.26 Å². The highest BCUT2D eigenvalue weighted by molar-refractivity contribution is 5.73. The number of rotatable bonds is 2. The lowest BCUT2D eigenvalue weighted by molar-refractivity contribution is 0.517. The second kappa shape index (κ2) is 3.22. The van der Waals surface area contributed by atoms with Crippen molar-refractivity contribution in [2.75, 3.05) is 0 Å². The third-order valence-electron chi connectivity index (χ3n) is 3.41. The van der Waals surface area contributed by atoms with E-state index in [0.29, 0.717) is 11.1 Å². The number of hydrogen-bond donors (Lipinski definition) is 2. The van der Waals surface area contributed by atoms with Gasteiger partial charge in [-0.05, 0) is 30.5 Å². The lowest BCUT2D eigenvalue weighted by atomic mass is 9.92. The number of nitrogens with two attached hydrogens (primary N) is 1. The van der Waals surface area contributed by atoms with E-state index >= 15 is 0 Å². The van der Waals surface area contributed by atoms with Gasteiger partial charge in [0.15, 0.2) is 5.58 Å². The van der Waals surface area contributed by atoms with Crippen molar-refractivity contribution in [3.8, 4) is 6.07 Å². The van der Waals surface area contributed by atoms with Crippen LogP contribution < -0.4 is 11.5 Å². The Morgan fingerprint density at radius 3 is 2.94 bits per heavy atom. The zero-order valence-corrected chi connectivity index (χ0v) is 9.06. The maximum atomic E-state index is 11.0. The van der Waals surface area contributed by atoms with Crippen LogP contribution >= 0.6 is 0 Å². The first-order valence-electron chi connectivity index (χ1n) is 5.44. The van der Waals surface area contributed by atoms with E-state index in [-0.39, 0.29) is 6.04 Å². The maximum absolute atomic E-state index is 11.0. The molecule has 0 aliphatic heterocycles. The van der Waals surface area contributed by atoms with Gasteiger partial charge in [0.2, 0.25) is 0 Å². The SMILES string of the molecule is N#CC1(C(N)c2ccc3[nH]c(=O)oc3c2)CC1. The van der Waals surface area contributed by atoms with Crippen molar-refractivity contribution >= 4 is 11.1 Å². The molecule has 0 radical (unpaired) electrons. The van der Waals surface area contributed by atoms with E-state index in [1.54, 1.807) is 12.1 Å². The van der Waals surface area contributed by atoms with Gasteiger partial charge in [0.25, 0.3) is 0 Å². The zero-order chi connectivity index (χ0) is 12.0. The molecule has 3 rings (SSSR count). The van der Waals surface area contributed by atoms with Crippen LogP contribution in [0, 0.1) is 16.7 Å². The summed E-state index contributed by atoms with van der Waals surface area (Å²) in [6.45, 7) is 0. The Morgan fingerprint density at radius 1 is 1.53 bits per heavy atom. The Bertz CT molecular complexity index is 673. The normalized spacial score (nSPS) is 18.8. The van der Waals surface area contributed by atoms with Gasteiger partial charge in [-0.15, -0.1) is 0 Å². The molecule has 1 aliphatic carbocycles. The molecule has 0 bridgehead atoms. The predicted octanol–water partition coefficient (Wildman–Crippen LogP) is 1.42. The van der Waals surface area contributed by atoms with E-state index in [9.17, 15) is 4.79 Å². The van der Waals surface area contributed by atoms with E-state index in [0.717, 1.165) is 18.4 Å². The van der Waals surface area contributed by atoms with Crippen molar-refractivity contribution in [3.05, 3.63) is 34.3 Å². The topological polar surface area (TPSA) is 95.8 Å². The molecular weight excluding hydrogens is 218 g/mol. The smallest absolute Gasteiger partial charge is 0.408 e. The summed E-state index contributed by atoms with van der Waals surface area (Å²) in [5, 5.41) is 9.10. The van der Waals surface area contributed by atoms with Crippen LogP contribution in [0.1, 0.15) is 24.4 Å². The minimum Gasteiger partial charge on any atom is -0.408 e. The van der Waals surface area contributed by atoms with Crippen LogP contribution in [0.15, 0.2) is 27.4 Å². The summed E-state index contributed by atoms with van der Waals surface area (Å²) in [4.78, 5) is 13.6. The van der Waals surface area contributed by atoms with Gasteiger partial charge < -0.3 is 10.2 Å². The molecule has 1 aliphatic rings. The standard InChI is InChI=1S/C12H11N3O2/c13-6-12(3-4-12)10(14)7-1-2-8-9(5-7)17-11(16)15-8/h1-2,5,10H,3-4,14H2,(H,15,16). The number of benzene rings is 1. The Labute approximate surface area is 96.8 Å². The van der Waals surface area contributed by atoms with Crippen LogP contribution in [0.25, 0.3) is 11.1 Å². The minimum atomic E-state index is -0.480. The molecule has 1 aromatic carbocycles. The van der Waals surface area contributed by atoms with E-state index in [1.165, 1.54) is 0 Å². The molecule has 86 valence electrons. The second-order valence-corrected chi connectivity index (χ2v) is 4.52. The van der Waals surface area contributed by atoms with Crippen LogP contribution in [-0.2, 0) is 0 Å². The summed E-state index contributed by atoms with van der Waals surface area (Å²) in [5.74, 6) is -0.480. The van der Waals surface area contributed by atoms with Crippen molar-refractivity contribution in [1.82, 2.24) is 4.98 Å². The molecule has 1 fully saturated rings. The quantitative estimate of drug-likeness (QED) is 0.814. The number of aromatic amines is 1. The molecule has 5 nitrogen and oxygen atoms in total. The molecule has 1 heterocycles. The van der Waals surface area contributed by atoms with Crippen LogP contribution in [-0.4, -0.2) is 4.98 Å². The number of aromatic nitrogens is 1. The van der Waals surface area contributed by atoms with E-state index in [1.807, 2.05) is 6.07 Å². The molecular formula is C12H11N3O2. The number of hydrogen-bond acceptors (Lipinski definition) is 4. The summed E-state index contributed by atoms with van der Waals surface area (Å²) in [6.07, 6.45) is 1.67. The number of nitriles is 1. The molecule has 0 saturated heterocycles. The van der Waals surface area contributed by atoms with Gasteiger partial charge in [-0.25, -0.2) is 4.79 Å². The summed E-state index contributed by atoms with van der Waals surface area (Å²) < 4.78 is 4.98. The van der Waals surface area contributed by atoms with E-state index < -0.39 is 11.2 Å². The Balaban J connectivity index is 2.06. The van der Waals surface area contributed by atoms with Gasteiger partial charge >= 0.3 is 5.76 Å². The Hall–Kier alpha value is -2.06. The minimum absolute atomic E-state index is 0.322. The van der Waals surface area contributed by atoms with Crippen LogP contribution in [0.4, 0.5) is 0 Å². The third-order valence-corrected chi connectivity index (χ3v) is 3.41. The molecule has 0 amide bonds. The van der Waals surface area contributed by atoms with Crippen molar-refractivity contribution < 1.29 is 4.42 Å². The fourth-order valence-corrected chi connectivity index (χ4v) is 2.10. The number of nitrogens with one attached hydrogen (secondary N) is 1. The molecule has 1 unspecified atom stereocenters. The number of H-pyrrole nitrogens is 1. The van der Waals surface area contributed by atoms with Gasteiger partial charge in [-0.3, -0.25) is 4.98 Å². The molecule has 5 heteroatoms. The highest BCUT2D eigenvalue weighted by Crippen LogP contribution is 2.53. The average molecular weight is 229 g/mol. The molecule has 17 heavy (non-hydrogen) atoms. The molecule has 2 aromatic rings. The second-order valence-electron chi connectivity index (χ2n) is 4.52. The Kier molecular flexibility index (Phi) is 1.91. The number of oxazole rings is 1. The third kappa shape index (κ3) is 1.46. The fraction of sp³-hybridized carbons (Fsp3) is 0.333. The van der Waals surface area contributed by atoms with E-state index in [4.69, 9.17) is 15.4 Å². The summed E-state index contributed by atoms with van der Waals surface area (Å²) in [7, 11) is 0. The lowest BCUT2D eigenvalue weighted by Crippen LogP contribution is -2.21. The first-order valence-corrected chi connectivity index (χ1v) is 5.44. The van der Waals surface area contributed by atoms with Crippen LogP contribution in [0.2, 0.25) is 0 Å². The predicted molar refractivity (Wildman–Crippen MR) is 61.0 cm³/mol. The van der Waals surface area contributed by atoms with Gasteiger partial charge in [-0.1, -0.05) is 6.07 Å². The highest BCUT2D eigenvalue weighted by atomic mass is 16.4. The fourth-order valence-electron chi connectivity index (χ4n) is 2.10. The van der Waals surface area contributed by atoms with Crippen molar-refractivity contribution in [2.45, 2.75) is 18.9 Å².